The van der Waals surface area contributed by atoms with Crippen molar-refractivity contribution in [2.75, 3.05) is 0 Å². The summed E-state index contributed by atoms with van der Waals surface area (Å²) < 4.78 is 3.05. The highest BCUT2D eigenvalue weighted by molar-refractivity contribution is 9.10. The number of hydrogen-bond donors (Lipinski definition) is 0. The molecule has 0 fully saturated rings. The Kier molecular flexibility index (Phi) is 2.71. The number of rotatable bonds is 1. The number of imidazole rings is 1. The van der Waals surface area contributed by atoms with Gasteiger partial charge in [-0.05, 0) is 54.0 Å². The number of hydrogen-bond acceptors (Lipinski definition) is 1. The molecule has 0 N–H and O–H groups in total. The number of aromatic nitrogens is 2. The Morgan fingerprint density at radius 3 is 2.50 bits per heavy atom. The molecule has 3 aromatic rings. The molecular formula is C15H13BrN2. The summed E-state index contributed by atoms with van der Waals surface area (Å²) in [6.45, 7) is 4.23. The molecule has 0 saturated carbocycles. The third kappa shape index (κ3) is 1.95. The smallest absolute Gasteiger partial charge is 0.151 e. The number of nitrogens with zero attached hydrogens (tertiary/aromatic N) is 2. The largest absolute Gasteiger partial charge is 0.306 e. The Hall–Kier alpha value is -1.61. The van der Waals surface area contributed by atoms with E-state index in [1.54, 1.807) is 0 Å². The van der Waals surface area contributed by atoms with E-state index in [9.17, 15) is 0 Å². The number of fused-ring (bicyclic) bond motifs is 1. The zero-order valence-electron chi connectivity index (χ0n) is 10.3. The first kappa shape index (κ1) is 11.5. The molecule has 2 aromatic heterocycles. The molecule has 2 nitrogen and oxygen atoms in total. The van der Waals surface area contributed by atoms with Crippen LogP contribution >= 0.6 is 15.9 Å². The van der Waals surface area contributed by atoms with Gasteiger partial charge in [0.2, 0.25) is 0 Å². The first-order valence-electron chi connectivity index (χ1n) is 5.85. The molecule has 0 spiro atoms. The second kappa shape index (κ2) is 4.25. The normalized spacial score (nSPS) is 11.1. The maximum absolute atomic E-state index is 4.68. The monoisotopic (exact) mass is 300 g/mol. The van der Waals surface area contributed by atoms with Crippen LogP contribution in [0.3, 0.4) is 0 Å². The lowest BCUT2D eigenvalue weighted by Crippen LogP contribution is -1.82. The summed E-state index contributed by atoms with van der Waals surface area (Å²) in [5.74, 6) is 0. The molecule has 0 saturated heterocycles. The predicted octanol–water partition coefficient (Wildman–Crippen LogP) is 4.38. The third-order valence-electron chi connectivity index (χ3n) is 2.95. The molecular weight excluding hydrogens is 288 g/mol. The Bertz CT molecular complexity index is 708. The fraction of sp³-hybridized carbons (Fsp3) is 0.133. The first-order valence-corrected chi connectivity index (χ1v) is 6.65. The highest BCUT2D eigenvalue weighted by atomic mass is 79.9. The molecule has 90 valence electrons. The second-order valence-corrected chi connectivity index (χ2v) is 5.44. The minimum absolute atomic E-state index is 0.951. The fourth-order valence-corrected chi connectivity index (χ4v) is 2.69. The minimum Gasteiger partial charge on any atom is -0.306 e. The topological polar surface area (TPSA) is 17.3 Å². The van der Waals surface area contributed by atoms with Gasteiger partial charge < -0.3 is 4.40 Å². The van der Waals surface area contributed by atoms with E-state index in [4.69, 9.17) is 0 Å². The molecule has 3 heteroatoms. The van der Waals surface area contributed by atoms with Crippen molar-refractivity contribution in [1.29, 1.82) is 0 Å². The van der Waals surface area contributed by atoms with Gasteiger partial charge in [0.1, 0.15) is 0 Å². The number of halogens is 1. The standard InChI is InChI=1S/C15H13BrN2/c1-10-6-11(2)8-12(7-10)14-9-18-5-3-4-13(16)15(18)17-14/h3-9H,1-2H3. The van der Waals surface area contributed by atoms with Crippen molar-refractivity contribution >= 4 is 21.6 Å². The Morgan fingerprint density at radius 2 is 1.83 bits per heavy atom. The third-order valence-corrected chi connectivity index (χ3v) is 3.57. The average Bonchev–Trinajstić information content (AvgIpc) is 2.73. The van der Waals surface area contributed by atoms with Crippen molar-refractivity contribution < 1.29 is 0 Å². The van der Waals surface area contributed by atoms with Crippen molar-refractivity contribution in [2.45, 2.75) is 13.8 Å². The van der Waals surface area contributed by atoms with Gasteiger partial charge in [-0.1, -0.05) is 17.2 Å². The first-order chi connectivity index (χ1) is 8.63. The van der Waals surface area contributed by atoms with Crippen LogP contribution in [0.1, 0.15) is 11.1 Å². The van der Waals surface area contributed by atoms with Gasteiger partial charge in [-0.3, -0.25) is 0 Å². The molecule has 2 heterocycles. The van der Waals surface area contributed by atoms with Crippen molar-refractivity contribution in [2.24, 2.45) is 0 Å². The molecule has 0 amide bonds. The van der Waals surface area contributed by atoms with E-state index in [0.29, 0.717) is 0 Å². The van der Waals surface area contributed by atoms with Gasteiger partial charge in [0, 0.05) is 18.0 Å². The predicted molar refractivity (Wildman–Crippen MR) is 77.8 cm³/mol. The quantitative estimate of drug-likeness (QED) is 0.652. The Labute approximate surface area is 114 Å². The van der Waals surface area contributed by atoms with Gasteiger partial charge in [0.25, 0.3) is 0 Å². The van der Waals surface area contributed by atoms with Gasteiger partial charge in [0.05, 0.1) is 10.2 Å². The SMILES string of the molecule is Cc1cc(C)cc(-c2cn3cccc(Br)c3n2)c1. The number of aryl methyl sites for hydroxylation is 2. The summed E-state index contributed by atoms with van der Waals surface area (Å²) in [5, 5.41) is 0. The molecule has 18 heavy (non-hydrogen) atoms. The lowest BCUT2D eigenvalue weighted by atomic mass is 10.1. The summed E-state index contributed by atoms with van der Waals surface area (Å²) in [6.07, 6.45) is 4.08. The maximum atomic E-state index is 4.68. The van der Waals surface area contributed by atoms with Crippen LogP contribution in [0.4, 0.5) is 0 Å². The van der Waals surface area contributed by atoms with E-state index >= 15 is 0 Å². The van der Waals surface area contributed by atoms with Crippen molar-refractivity contribution in [3.8, 4) is 11.3 Å². The molecule has 0 bridgehead atoms. The van der Waals surface area contributed by atoms with Gasteiger partial charge >= 0.3 is 0 Å². The average molecular weight is 301 g/mol. The molecule has 0 radical (unpaired) electrons. The highest BCUT2D eigenvalue weighted by Gasteiger charge is 2.07. The summed E-state index contributed by atoms with van der Waals surface area (Å²) in [7, 11) is 0. The van der Waals surface area contributed by atoms with E-state index in [-0.39, 0.29) is 0 Å². The Morgan fingerprint density at radius 1 is 1.11 bits per heavy atom. The summed E-state index contributed by atoms with van der Waals surface area (Å²) >= 11 is 3.53. The summed E-state index contributed by atoms with van der Waals surface area (Å²) in [5.41, 5.74) is 5.66. The van der Waals surface area contributed by atoms with E-state index < -0.39 is 0 Å². The lowest BCUT2D eigenvalue weighted by Gasteiger charge is -2.01. The Balaban J connectivity index is 2.22. The van der Waals surface area contributed by atoms with Crippen molar-refractivity contribution in [3.63, 3.8) is 0 Å². The van der Waals surface area contributed by atoms with Crippen LogP contribution < -0.4 is 0 Å². The van der Waals surface area contributed by atoms with E-state index in [1.165, 1.54) is 16.7 Å². The molecule has 3 rings (SSSR count). The van der Waals surface area contributed by atoms with Gasteiger partial charge in [-0.2, -0.15) is 0 Å². The maximum Gasteiger partial charge on any atom is 0.151 e. The van der Waals surface area contributed by atoms with Gasteiger partial charge in [-0.15, -0.1) is 0 Å². The zero-order valence-corrected chi connectivity index (χ0v) is 11.9. The van der Waals surface area contributed by atoms with Crippen LogP contribution in [0.2, 0.25) is 0 Å². The molecule has 0 aliphatic carbocycles. The van der Waals surface area contributed by atoms with Crippen LogP contribution in [0.15, 0.2) is 47.2 Å². The summed E-state index contributed by atoms with van der Waals surface area (Å²) in [6, 6.07) is 10.5. The molecule has 0 aliphatic rings. The zero-order chi connectivity index (χ0) is 12.7. The van der Waals surface area contributed by atoms with Gasteiger partial charge in [-0.25, -0.2) is 4.98 Å². The summed E-state index contributed by atoms with van der Waals surface area (Å²) in [4.78, 5) is 4.68. The van der Waals surface area contributed by atoms with Crippen LogP contribution in [0.25, 0.3) is 16.9 Å². The lowest BCUT2D eigenvalue weighted by molar-refractivity contribution is 1.18. The van der Waals surface area contributed by atoms with Crippen molar-refractivity contribution in [3.05, 3.63) is 58.3 Å². The number of pyridine rings is 1. The minimum atomic E-state index is 0.951. The van der Waals surface area contributed by atoms with E-state index in [2.05, 4.69) is 59.2 Å². The molecule has 0 aliphatic heterocycles. The highest BCUT2D eigenvalue weighted by Crippen LogP contribution is 2.24. The number of benzene rings is 1. The van der Waals surface area contributed by atoms with Crippen LogP contribution in [-0.4, -0.2) is 9.38 Å². The molecule has 1 aromatic carbocycles. The van der Waals surface area contributed by atoms with Crippen LogP contribution in [0, 0.1) is 13.8 Å². The fourth-order valence-electron chi connectivity index (χ4n) is 2.24. The van der Waals surface area contributed by atoms with Gasteiger partial charge in [0.15, 0.2) is 5.65 Å². The van der Waals surface area contributed by atoms with Crippen molar-refractivity contribution in [1.82, 2.24) is 9.38 Å². The van der Waals surface area contributed by atoms with E-state index in [1.807, 2.05) is 22.7 Å². The van der Waals surface area contributed by atoms with Crippen LogP contribution in [-0.2, 0) is 0 Å². The van der Waals surface area contributed by atoms with Crippen LogP contribution in [0.5, 0.6) is 0 Å². The second-order valence-electron chi connectivity index (χ2n) is 4.59. The molecule has 0 unspecified atom stereocenters. The molecule has 0 atom stereocenters. The van der Waals surface area contributed by atoms with E-state index in [0.717, 1.165) is 15.8 Å².